The smallest absolute Gasteiger partial charge is 0.416 e. The molecule has 5 nitrogen and oxygen atoms in total. The van der Waals surface area contributed by atoms with E-state index in [1.165, 1.54) is 12.1 Å². The molecule has 0 aliphatic heterocycles. The van der Waals surface area contributed by atoms with Gasteiger partial charge in [0.2, 0.25) is 0 Å². The molecule has 0 aliphatic rings. The standard InChI is InChI=1S/C20H14F3N3O2/c21-20(22,23)14-8-6-13(7-9-14)12-27-16-4-1-5-17-18(16)19(26-28-17)25-15-3-2-10-24-11-15/h1-11H,12H2,(H,25,26). The van der Waals surface area contributed by atoms with E-state index in [2.05, 4.69) is 15.5 Å². The van der Waals surface area contributed by atoms with Crippen molar-refractivity contribution in [3.05, 3.63) is 78.1 Å². The molecule has 8 heteroatoms. The van der Waals surface area contributed by atoms with Gasteiger partial charge in [-0.15, -0.1) is 0 Å². The minimum atomic E-state index is -4.36. The minimum absolute atomic E-state index is 0.106. The number of hydrogen-bond donors (Lipinski definition) is 1. The molecule has 0 aliphatic carbocycles. The first kappa shape index (κ1) is 17.8. The predicted molar refractivity (Wildman–Crippen MR) is 97.3 cm³/mol. The average molecular weight is 385 g/mol. The van der Waals surface area contributed by atoms with E-state index in [0.717, 1.165) is 17.8 Å². The van der Waals surface area contributed by atoms with Crippen LogP contribution in [0.5, 0.6) is 5.75 Å². The van der Waals surface area contributed by atoms with Crippen LogP contribution in [0.1, 0.15) is 11.1 Å². The fourth-order valence-corrected chi connectivity index (χ4v) is 2.69. The van der Waals surface area contributed by atoms with Gasteiger partial charge in [0.25, 0.3) is 0 Å². The van der Waals surface area contributed by atoms with Gasteiger partial charge in [0, 0.05) is 6.20 Å². The molecular formula is C20H14F3N3O2. The lowest BCUT2D eigenvalue weighted by Crippen LogP contribution is -2.05. The maximum Gasteiger partial charge on any atom is 0.416 e. The van der Waals surface area contributed by atoms with Crippen molar-refractivity contribution in [1.82, 2.24) is 10.1 Å². The average Bonchev–Trinajstić information content (AvgIpc) is 3.10. The summed E-state index contributed by atoms with van der Waals surface area (Å²) in [4.78, 5) is 4.04. The van der Waals surface area contributed by atoms with Crippen molar-refractivity contribution in [2.24, 2.45) is 0 Å². The molecule has 0 bridgehead atoms. The van der Waals surface area contributed by atoms with Gasteiger partial charge in [-0.25, -0.2) is 0 Å². The molecule has 0 unspecified atom stereocenters. The van der Waals surface area contributed by atoms with Gasteiger partial charge in [0.15, 0.2) is 11.4 Å². The summed E-state index contributed by atoms with van der Waals surface area (Å²) in [6.45, 7) is 0.106. The van der Waals surface area contributed by atoms with Crippen LogP contribution in [0.15, 0.2) is 71.5 Å². The SMILES string of the molecule is FC(F)(F)c1ccc(COc2cccc3onc(Nc4cccnc4)c23)cc1. The van der Waals surface area contributed by atoms with Crippen molar-refractivity contribution in [2.75, 3.05) is 5.32 Å². The molecule has 4 aromatic rings. The number of halogens is 3. The Morgan fingerprint density at radius 1 is 1.00 bits per heavy atom. The molecule has 1 N–H and O–H groups in total. The van der Waals surface area contributed by atoms with E-state index in [4.69, 9.17) is 9.26 Å². The summed E-state index contributed by atoms with van der Waals surface area (Å²) in [5, 5.41) is 7.78. The highest BCUT2D eigenvalue weighted by atomic mass is 19.4. The van der Waals surface area contributed by atoms with Crippen LogP contribution in [0.3, 0.4) is 0 Å². The number of nitrogens with one attached hydrogen (secondary N) is 1. The Bertz CT molecular complexity index is 1080. The van der Waals surface area contributed by atoms with Crippen molar-refractivity contribution < 1.29 is 22.4 Å². The maximum absolute atomic E-state index is 12.7. The van der Waals surface area contributed by atoms with E-state index in [9.17, 15) is 13.2 Å². The van der Waals surface area contributed by atoms with E-state index in [-0.39, 0.29) is 6.61 Å². The summed E-state index contributed by atoms with van der Waals surface area (Å²) in [5.41, 5.74) is 1.18. The number of aromatic nitrogens is 2. The van der Waals surface area contributed by atoms with Gasteiger partial charge in [-0.1, -0.05) is 23.4 Å². The summed E-state index contributed by atoms with van der Waals surface area (Å²) < 4.78 is 49.2. The Balaban J connectivity index is 1.56. The van der Waals surface area contributed by atoms with E-state index in [1.54, 1.807) is 36.7 Å². The molecule has 0 amide bonds. The highest BCUT2D eigenvalue weighted by molar-refractivity contribution is 5.95. The summed E-state index contributed by atoms with van der Waals surface area (Å²) in [7, 11) is 0. The zero-order valence-electron chi connectivity index (χ0n) is 14.4. The van der Waals surface area contributed by atoms with Crippen LogP contribution < -0.4 is 10.1 Å². The third kappa shape index (κ3) is 3.75. The molecule has 0 fully saturated rings. The van der Waals surface area contributed by atoms with Crippen molar-refractivity contribution in [3.8, 4) is 5.75 Å². The molecule has 0 radical (unpaired) electrons. The molecule has 4 rings (SSSR count). The second-order valence-electron chi connectivity index (χ2n) is 6.01. The lowest BCUT2D eigenvalue weighted by Gasteiger charge is -2.10. The summed E-state index contributed by atoms with van der Waals surface area (Å²) in [5.74, 6) is 0.969. The lowest BCUT2D eigenvalue weighted by molar-refractivity contribution is -0.137. The van der Waals surface area contributed by atoms with Crippen LogP contribution in [0.25, 0.3) is 11.0 Å². The molecule has 28 heavy (non-hydrogen) atoms. The monoisotopic (exact) mass is 385 g/mol. The summed E-state index contributed by atoms with van der Waals surface area (Å²) >= 11 is 0. The fraction of sp³-hybridized carbons (Fsp3) is 0.100. The van der Waals surface area contributed by atoms with E-state index in [1.807, 2.05) is 6.07 Å². The Labute approximate surface area is 157 Å². The molecule has 0 atom stereocenters. The van der Waals surface area contributed by atoms with Gasteiger partial charge in [-0.3, -0.25) is 4.98 Å². The Morgan fingerprint density at radius 2 is 1.82 bits per heavy atom. The number of benzene rings is 2. The highest BCUT2D eigenvalue weighted by Gasteiger charge is 2.29. The lowest BCUT2D eigenvalue weighted by atomic mass is 10.1. The second-order valence-corrected chi connectivity index (χ2v) is 6.01. The minimum Gasteiger partial charge on any atom is -0.488 e. The van der Waals surface area contributed by atoms with Crippen molar-refractivity contribution in [1.29, 1.82) is 0 Å². The van der Waals surface area contributed by atoms with E-state index in [0.29, 0.717) is 28.1 Å². The quantitative estimate of drug-likeness (QED) is 0.487. The van der Waals surface area contributed by atoms with Crippen LogP contribution in [-0.4, -0.2) is 10.1 Å². The Hall–Kier alpha value is -3.55. The molecular weight excluding hydrogens is 371 g/mol. The van der Waals surface area contributed by atoms with Crippen molar-refractivity contribution in [2.45, 2.75) is 12.8 Å². The first-order chi connectivity index (χ1) is 13.5. The Kier molecular flexibility index (Phi) is 4.60. The molecule has 2 heterocycles. The van der Waals surface area contributed by atoms with Gasteiger partial charge in [-0.05, 0) is 42.0 Å². The van der Waals surface area contributed by atoms with Gasteiger partial charge >= 0.3 is 6.18 Å². The Morgan fingerprint density at radius 3 is 2.54 bits per heavy atom. The third-order valence-electron chi connectivity index (χ3n) is 4.06. The van der Waals surface area contributed by atoms with Gasteiger partial charge in [0.05, 0.1) is 17.4 Å². The number of fused-ring (bicyclic) bond motifs is 1. The predicted octanol–water partition coefficient (Wildman–Crippen LogP) is 5.56. The molecule has 2 aromatic carbocycles. The first-order valence-corrected chi connectivity index (χ1v) is 8.35. The van der Waals surface area contributed by atoms with Gasteiger partial charge in [-0.2, -0.15) is 13.2 Å². The van der Waals surface area contributed by atoms with Crippen LogP contribution >= 0.6 is 0 Å². The fourth-order valence-electron chi connectivity index (χ4n) is 2.69. The van der Waals surface area contributed by atoms with Crippen LogP contribution in [0.2, 0.25) is 0 Å². The number of ether oxygens (including phenoxy) is 1. The number of rotatable bonds is 5. The number of nitrogens with zero attached hydrogens (tertiary/aromatic N) is 2. The van der Waals surface area contributed by atoms with Crippen LogP contribution in [0.4, 0.5) is 24.7 Å². The molecule has 0 spiro atoms. The zero-order valence-corrected chi connectivity index (χ0v) is 14.4. The highest BCUT2D eigenvalue weighted by Crippen LogP contribution is 2.34. The summed E-state index contributed by atoms with van der Waals surface area (Å²) in [6.07, 6.45) is -1.06. The molecule has 142 valence electrons. The largest absolute Gasteiger partial charge is 0.488 e. The molecule has 2 aromatic heterocycles. The number of pyridine rings is 1. The second kappa shape index (κ2) is 7.22. The van der Waals surface area contributed by atoms with Crippen LogP contribution in [-0.2, 0) is 12.8 Å². The number of alkyl halides is 3. The first-order valence-electron chi connectivity index (χ1n) is 8.35. The maximum atomic E-state index is 12.7. The molecule has 0 saturated heterocycles. The van der Waals surface area contributed by atoms with E-state index < -0.39 is 11.7 Å². The normalized spacial score (nSPS) is 11.5. The van der Waals surface area contributed by atoms with Crippen LogP contribution in [0, 0.1) is 0 Å². The number of anilines is 2. The number of hydrogen-bond acceptors (Lipinski definition) is 5. The topological polar surface area (TPSA) is 60.2 Å². The molecule has 0 saturated carbocycles. The zero-order chi connectivity index (χ0) is 19.6. The van der Waals surface area contributed by atoms with Gasteiger partial charge in [0.1, 0.15) is 17.7 Å². The van der Waals surface area contributed by atoms with Crippen molar-refractivity contribution in [3.63, 3.8) is 0 Å². The van der Waals surface area contributed by atoms with Gasteiger partial charge < -0.3 is 14.6 Å². The van der Waals surface area contributed by atoms with Crippen molar-refractivity contribution >= 4 is 22.5 Å². The third-order valence-corrected chi connectivity index (χ3v) is 4.06. The van der Waals surface area contributed by atoms with E-state index >= 15 is 0 Å². The summed E-state index contributed by atoms with van der Waals surface area (Å²) in [6, 6.07) is 13.7.